The Balaban J connectivity index is 1.96. The van der Waals surface area contributed by atoms with Gasteiger partial charge in [-0.1, -0.05) is 12.1 Å². The second kappa shape index (κ2) is 9.84. The highest BCUT2D eigenvalue weighted by atomic mass is 19.3. The van der Waals surface area contributed by atoms with Gasteiger partial charge in [0.05, 0.1) is 11.5 Å². The lowest BCUT2D eigenvalue weighted by Crippen LogP contribution is -2.45. The highest BCUT2D eigenvalue weighted by molar-refractivity contribution is 5.97. The van der Waals surface area contributed by atoms with Crippen LogP contribution >= 0.6 is 0 Å². The van der Waals surface area contributed by atoms with E-state index >= 15 is 0 Å². The largest absolute Gasteiger partial charge is 0.481 e. The molecule has 1 aromatic carbocycles. The number of halogens is 2. The summed E-state index contributed by atoms with van der Waals surface area (Å²) in [4.78, 5) is 36.9. The van der Waals surface area contributed by atoms with E-state index in [1.165, 1.54) is 23.1 Å². The molecule has 7 nitrogen and oxygen atoms in total. The van der Waals surface area contributed by atoms with Crippen molar-refractivity contribution in [3.8, 4) is 5.75 Å². The van der Waals surface area contributed by atoms with Crippen LogP contribution in [0.25, 0.3) is 0 Å². The number of rotatable bonds is 8. The summed E-state index contributed by atoms with van der Waals surface area (Å²) in [5, 5.41) is 11.3. The number of para-hydroxylation sites is 1. The molecule has 27 heavy (non-hydrogen) atoms. The van der Waals surface area contributed by atoms with Gasteiger partial charge in [-0.05, 0) is 31.4 Å². The number of hydrogen-bond donors (Lipinski definition) is 2. The number of piperidine rings is 1. The highest BCUT2D eigenvalue weighted by Gasteiger charge is 2.30. The molecule has 1 saturated heterocycles. The molecule has 2 N–H and O–H groups in total. The molecule has 9 heteroatoms. The SMILES string of the molecule is O=C(O)CCCNC(=O)C1CCCN(C(=O)c2ccccc2OC(F)F)C1. The lowest BCUT2D eigenvalue weighted by Gasteiger charge is -2.32. The number of nitrogens with one attached hydrogen (secondary N) is 1. The lowest BCUT2D eigenvalue weighted by molar-refractivity contribution is -0.137. The molecule has 1 aliphatic rings. The first-order chi connectivity index (χ1) is 12.9. The van der Waals surface area contributed by atoms with E-state index in [2.05, 4.69) is 10.1 Å². The molecule has 0 radical (unpaired) electrons. The van der Waals surface area contributed by atoms with E-state index in [-0.39, 0.29) is 36.7 Å². The Morgan fingerprint density at radius 2 is 2.04 bits per heavy atom. The smallest absolute Gasteiger partial charge is 0.387 e. The van der Waals surface area contributed by atoms with E-state index in [4.69, 9.17) is 5.11 Å². The molecule has 1 atom stereocenters. The molecular weight excluding hydrogens is 362 g/mol. The van der Waals surface area contributed by atoms with E-state index < -0.39 is 24.4 Å². The topological polar surface area (TPSA) is 95.9 Å². The minimum absolute atomic E-state index is 0.0281. The maximum absolute atomic E-state index is 12.7. The van der Waals surface area contributed by atoms with Crippen LogP contribution in [0.3, 0.4) is 0 Å². The fourth-order valence-corrected chi connectivity index (χ4v) is 2.98. The summed E-state index contributed by atoms with van der Waals surface area (Å²) in [6.45, 7) is -2.19. The van der Waals surface area contributed by atoms with E-state index in [1.807, 2.05) is 0 Å². The Bertz CT molecular complexity index is 683. The van der Waals surface area contributed by atoms with Gasteiger partial charge in [0, 0.05) is 26.1 Å². The normalized spacial score (nSPS) is 16.9. The van der Waals surface area contributed by atoms with E-state index in [0.29, 0.717) is 25.8 Å². The fraction of sp³-hybridized carbons (Fsp3) is 0.500. The number of carbonyl (C=O) groups excluding carboxylic acids is 2. The summed E-state index contributed by atoms with van der Waals surface area (Å²) >= 11 is 0. The van der Waals surface area contributed by atoms with Crippen LogP contribution in [-0.4, -0.2) is 54.0 Å². The summed E-state index contributed by atoms with van der Waals surface area (Å²) in [5.74, 6) is -2.25. The van der Waals surface area contributed by atoms with Crippen molar-refractivity contribution in [3.63, 3.8) is 0 Å². The van der Waals surface area contributed by atoms with E-state index in [1.54, 1.807) is 6.07 Å². The average Bonchev–Trinajstić information content (AvgIpc) is 2.64. The second-order valence-corrected chi connectivity index (χ2v) is 6.25. The predicted octanol–water partition coefficient (Wildman–Crippen LogP) is 2.12. The van der Waals surface area contributed by atoms with Gasteiger partial charge in [0.2, 0.25) is 5.91 Å². The van der Waals surface area contributed by atoms with Crippen LogP contribution in [-0.2, 0) is 9.59 Å². The van der Waals surface area contributed by atoms with Crippen LogP contribution in [0, 0.1) is 5.92 Å². The number of carboxylic acids is 1. The fourth-order valence-electron chi connectivity index (χ4n) is 2.98. The van der Waals surface area contributed by atoms with Crippen LogP contribution < -0.4 is 10.1 Å². The Hall–Kier alpha value is -2.71. The lowest BCUT2D eigenvalue weighted by atomic mass is 9.96. The van der Waals surface area contributed by atoms with Crippen molar-refractivity contribution in [3.05, 3.63) is 29.8 Å². The third kappa shape index (κ3) is 6.19. The maximum atomic E-state index is 12.7. The van der Waals surface area contributed by atoms with Crippen LogP contribution in [0.15, 0.2) is 24.3 Å². The van der Waals surface area contributed by atoms with Gasteiger partial charge in [0.15, 0.2) is 0 Å². The summed E-state index contributed by atoms with van der Waals surface area (Å²) < 4.78 is 29.5. The average molecular weight is 384 g/mol. The standard InChI is InChI=1S/C18H22F2N2O5/c19-18(20)27-14-7-2-1-6-13(14)17(26)22-10-4-5-12(11-22)16(25)21-9-3-8-15(23)24/h1-2,6-7,12,18H,3-5,8-11H2,(H,21,25)(H,23,24). The molecule has 1 aliphatic heterocycles. The quantitative estimate of drug-likeness (QED) is 0.670. The van der Waals surface area contributed by atoms with Crippen LogP contribution in [0.4, 0.5) is 8.78 Å². The van der Waals surface area contributed by atoms with Gasteiger partial charge < -0.3 is 20.1 Å². The number of carboxylic acid groups (broad SMARTS) is 1. The van der Waals surface area contributed by atoms with Crippen LogP contribution in [0.2, 0.25) is 0 Å². The van der Waals surface area contributed by atoms with Crippen molar-refractivity contribution in [2.75, 3.05) is 19.6 Å². The Morgan fingerprint density at radius 1 is 1.30 bits per heavy atom. The minimum atomic E-state index is -3.04. The molecule has 1 aromatic rings. The van der Waals surface area contributed by atoms with Gasteiger partial charge in [-0.3, -0.25) is 14.4 Å². The molecule has 1 heterocycles. The van der Waals surface area contributed by atoms with Gasteiger partial charge in [-0.2, -0.15) is 8.78 Å². The van der Waals surface area contributed by atoms with Gasteiger partial charge in [-0.25, -0.2) is 0 Å². The zero-order chi connectivity index (χ0) is 19.8. The summed E-state index contributed by atoms with van der Waals surface area (Å²) in [6, 6.07) is 5.77. The summed E-state index contributed by atoms with van der Waals surface area (Å²) in [7, 11) is 0. The number of nitrogens with zero attached hydrogens (tertiary/aromatic N) is 1. The minimum Gasteiger partial charge on any atom is -0.481 e. The monoisotopic (exact) mass is 384 g/mol. The number of aliphatic carboxylic acids is 1. The highest BCUT2D eigenvalue weighted by Crippen LogP contribution is 2.25. The zero-order valence-electron chi connectivity index (χ0n) is 14.7. The zero-order valence-corrected chi connectivity index (χ0v) is 14.7. The van der Waals surface area contributed by atoms with Crippen molar-refractivity contribution in [1.29, 1.82) is 0 Å². The first-order valence-corrected chi connectivity index (χ1v) is 8.71. The molecule has 0 saturated carbocycles. The van der Waals surface area contributed by atoms with E-state index in [0.717, 1.165) is 0 Å². The van der Waals surface area contributed by atoms with Crippen LogP contribution in [0.5, 0.6) is 5.75 Å². The number of benzene rings is 1. The summed E-state index contributed by atoms with van der Waals surface area (Å²) in [5.41, 5.74) is 0.0281. The second-order valence-electron chi connectivity index (χ2n) is 6.25. The third-order valence-electron chi connectivity index (χ3n) is 4.28. The number of alkyl halides is 2. The van der Waals surface area contributed by atoms with Gasteiger partial charge in [0.25, 0.3) is 5.91 Å². The summed E-state index contributed by atoms with van der Waals surface area (Å²) in [6.07, 6.45) is 1.51. The molecule has 0 aromatic heterocycles. The van der Waals surface area contributed by atoms with Crippen molar-refractivity contribution in [2.24, 2.45) is 5.92 Å². The maximum Gasteiger partial charge on any atom is 0.387 e. The van der Waals surface area contributed by atoms with Crippen molar-refractivity contribution >= 4 is 17.8 Å². The predicted molar refractivity (Wildman–Crippen MR) is 91.6 cm³/mol. The molecule has 0 bridgehead atoms. The Labute approximate surface area is 155 Å². The Kier molecular flexibility index (Phi) is 7.51. The number of ether oxygens (including phenoxy) is 1. The molecule has 2 rings (SSSR count). The number of amides is 2. The van der Waals surface area contributed by atoms with Crippen molar-refractivity contribution in [2.45, 2.75) is 32.3 Å². The van der Waals surface area contributed by atoms with Crippen LogP contribution in [0.1, 0.15) is 36.0 Å². The van der Waals surface area contributed by atoms with Gasteiger partial charge in [0.1, 0.15) is 5.75 Å². The molecule has 0 spiro atoms. The van der Waals surface area contributed by atoms with E-state index in [9.17, 15) is 23.2 Å². The third-order valence-corrected chi connectivity index (χ3v) is 4.28. The molecule has 148 valence electrons. The van der Waals surface area contributed by atoms with Gasteiger partial charge >= 0.3 is 12.6 Å². The number of hydrogen-bond acceptors (Lipinski definition) is 4. The number of likely N-dealkylation sites (tertiary alicyclic amines) is 1. The molecular formula is C18H22F2N2O5. The Morgan fingerprint density at radius 3 is 2.74 bits per heavy atom. The first-order valence-electron chi connectivity index (χ1n) is 8.71. The first kappa shape index (κ1) is 20.6. The molecule has 0 aliphatic carbocycles. The van der Waals surface area contributed by atoms with Crippen molar-refractivity contribution < 1.29 is 33.0 Å². The molecule has 2 amide bonds. The van der Waals surface area contributed by atoms with Crippen molar-refractivity contribution in [1.82, 2.24) is 10.2 Å². The van der Waals surface area contributed by atoms with Gasteiger partial charge in [-0.15, -0.1) is 0 Å². The molecule has 1 fully saturated rings. The number of carbonyl (C=O) groups is 3. The molecule has 1 unspecified atom stereocenters.